The summed E-state index contributed by atoms with van der Waals surface area (Å²) in [5, 5.41) is 15.4. The standard InChI is InChI=1S/C61H39NS2/c1-61(2)51-21-11-9-18-44(51)45-27-25-38(34-52(45)61)62(39-26-28-47-46-19-10-12-22-54(46)64-57(47)35-39)53-30-29-49-43-17-6-5-15-41(43)42-16-7-8-20-48(42)60(49)58(53)37-24-31-55-50(33-37)59-40-14-4-3-13-36(40)23-32-56(59)63-55/h3-35H,1-2H3. The van der Waals surface area contributed by atoms with E-state index in [1.165, 1.54) is 117 Å². The van der Waals surface area contributed by atoms with E-state index in [1.807, 2.05) is 22.7 Å². The molecule has 0 atom stereocenters. The third kappa shape index (κ3) is 5.05. The minimum absolute atomic E-state index is 0.155. The van der Waals surface area contributed by atoms with Gasteiger partial charge in [-0.2, -0.15) is 0 Å². The molecule has 0 unspecified atom stereocenters. The Morgan fingerprint density at radius 3 is 1.78 bits per heavy atom. The van der Waals surface area contributed by atoms with Gasteiger partial charge in [0.2, 0.25) is 0 Å². The lowest BCUT2D eigenvalue weighted by Gasteiger charge is -2.31. The molecular formula is C61H39NS2. The highest BCUT2D eigenvalue weighted by Crippen LogP contribution is 2.54. The van der Waals surface area contributed by atoms with Crippen molar-refractivity contribution in [1.82, 2.24) is 0 Å². The lowest BCUT2D eigenvalue weighted by Crippen LogP contribution is -2.17. The molecule has 300 valence electrons. The van der Waals surface area contributed by atoms with Gasteiger partial charge in [0.1, 0.15) is 0 Å². The van der Waals surface area contributed by atoms with Crippen molar-refractivity contribution in [2.75, 3.05) is 4.90 Å². The number of fused-ring (bicyclic) bond motifs is 17. The molecule has 0 radical (unpaired) electrons. The van der Waals surface area contributed by atoms with Crippen molar-refractivity contribution in [3.05, 3.63) is 211 Å². The quantitative estimate of drug-likeness (QED) is 0.160. The first-order chi connectivity index (χ1) is 31.5. The molecule has 11 aromatic carbocycles. The van der Waals surface area contributed by atoms with Crippen LogP contribution in [0.1, 0.15) is 25.0 Å². The Bertz CT molecular complexity index is 4090. The number of hydrogen-bond acceptors (Lipinski definition) is 3. The van der Waals surface area contributed by atoms with Gasteiger partial charge in [-0.25, -0.2) is 0 Å². The SMILES string of the molecule is CC1(C)c2ccccc2-c2ccc(N(c3ccc4c(c3)sc3ccccc34)c3ccc4c5ccccc5c5ccccc5c4c3-c3ccc4sc5ccc6ccccc6c5c4c3)cc21. The van der Waals surface area contributed by atoms with E-state index in [0.717, 1.165) is 17.1 Å². The lowest BCUT2D eigenvalue weighted by molar-refractivity contribution is 0.660. The maximum atomic E-state index is 2.56. The van der Waals surface area contributed by atoms with Gasteiger partial charge in [0.25, 0.3) is 0 Å². The van der Waals surface area contributed by atoms with Crippen LogP contribution in [0.3, 0.4) is 0 Å². The smallest absolute Gasteiger partial charge is 0.0546 e. The molecule has 0 saturated heterocycles. The fraction of sp³-hybridized carbons (Fsp3) is 0.0492. The Morgan fingerprint density at radius 2 is 0.938 bits per heavy atom. The Kier molecular flexibility index (Phi) is 7.56. The van der Waals surface area contributed by atoms with Gasteiger partial charge in [0.05, 0.1) is 5.69 Å². The predicted octanol–water partition coefficient (Wildman–Crippen LogP) is 18.5. The van der Waals surface area contributed by atoms with E-state index in [0.29, 0.717) is 0 Å². The minimum Gasteiger partial charge on any atom is -0.310 e. The van der Waals surface area contributed by atoms with Gasteiger partial charge in [-0.3, -0.25) is 0 Å². The molecule has 1 aliphatic rings. The van der Waals surface area contributed by atoms with Crippen molar-refractivity contribution in [1.29, 1.82) is 0 Å². The molecule has 2 aromatic heterocycles. The molecule has 2 heterocycles. The molecule has 0 aliphatic heterocycles. The summed E-state index contributed by atoms with van der Waals surface area (Å²) in [4.78, 5) is 2.56. The molecule has 0 fully saturated rings. The first kappa shape index (κ1) is 36.2. The molecule has 0 amide bonds. The summed E-state index contributed by atoms with van der Waals surface area (Å²) in [6, 6.07) is 75.7. The highest BCUT2D eigenvalue weighted by molar-refractivity contribution is 7.26. The number of nitrogens with zero attached hydrogens (tertiary/aromatic N) is 1. The topological polar surface area (TPSA) is 3.24 Å². The van der Waals surface area contributed by atoms with Crippen LogP contribution in [0.25, 0.3) is 106 Å². The third-order valence-electron chi connectivity index (χ3n) is 14.2. The van der Waals surface area contributed by atoms with Crippen LogP contribution in [0, 0.1) is 0 Å². The molecule has 3 heteroatoms. The van der Waals surface area contributed by atoms with E-state index in [-0.39, 0.29) is 5.41 Å². The van der Waals surface area contributed by atoms with Crippen molar-refractivity contribution in [2.24, 2.45) is 0 Å². The monoisotopic (exact) mass is 849 g/mol. The summed E-state index contributed by atoms with van der Waals surface area (Å²) in [5.74, 6) is 0. The lowest BCUT2D eigenvalue weighted by atomic mass is 9.82. The molecule has 64 heavy (non-hydrogen) atoms. The van der Waals surface area contributed by atoms with E-state index in [1.54, 1.807) is 0 Å². The molecule has 14 rings (SSSR count). The van der Waals surface area contributed by atoms with Gasteiger partial charge in [0.15, 0.2) is 0 Å². The van der Waals surface area contributed by atoms with Crippen LogP contribution in [0.5, 0.6) is 0 Å². The highest BCUT2D eigenvalue weighted by atomic mass is 32.1. The van der Waals surface area contributed by atoms with Gasteiger partial charge in [-0.1, -0.05) is 159 Å². The molecule has 1 nitrogen and oxygen atoms in total. The maximum Gasteiger partial charge on any atom is 0.0546 e. The molecule has 1 aliphatic carbocycles. The van der Waals surface area contributed by atoms with Gasteiger partial charge < -0.3 is 4.90 Å². The van der Waals surface area contributed by atoms with E-state index in [9.17, 15) is 0 Å². The first-order valence-corrected chi connectivity index (χ1v) is 23.8. The largest absolute Gasteiger partial charge is 0.310 e. The maximum absolute atomic E-state index is 2.56. The van der Waals surface area contributed by atoms with Crippen molar-refractivity contribution < 1.29 is 0 Å². The van der Waals surface area contributed by atoms with E-state index >= 15 is 0 Å². The predicted molar refractivity (Wildman–Crippen MR) is 280 cm³/mol. The van der Waals surface area contributed by atoms with Crippen LogP contribution >= 0.6 is 22.7 Å². The summed E-state index contributed by atoms with van der Waals surface area (Å²) >= 11 is 3.77. The van der Waals surface area contributed by atoms with Crippen molar-refractivity contribution >= 4 is 123 Å². The number of hydrogen-bond donors (Lipinski definition) is 0. The van der Waals surface area contributed by atoms with Crippen molar-refractivity contribution in [2.45, 2.75) is 19.3 Å². The Hall–Kier alpha value is -7.30. The van der Waals surface area contributed by atoms with Gasteiger partial charge in [0, 0.05) is 68.1 Å². The Labute approximate surface area is 378 Å². The minimum atomic E-state index is -0.155. The zero-order valence-corrected chi connectivity index (χ0v) is 36.9. The molecule has 0 spiro atoms. The van der Waals surface area contributed by atoms with E-state index in [2.05, 4.69) is 219 Å². The highest BCUT2D eigenvalue weighted by Gasteiger charge is 2.36. The molecule has 0 bridgehead atoms. The van der Waals surface area contributed by atoms with Crippen molar-refractivity contribution in [3.8, 4) is 22.3 Å². The molecule has 0 N–H and O–H groups in total. The Balaban J connectivity index is 1.13. The van der Waals surface area contributed by atoms with Crippen LogP contribution in [-0.2, 0) is 5.41 Å². The molecule has 0 saturated carbocycles. The second-order valence-electron chi connectivity index (χ2n) is 18.0. The second-order valence-corrected chi connectivity index (χ2v) is 20.1. The number of thiophene rings is 2. The van der Waals surface area contributed by atoms with Gasteiger partial charge >= 0.3 is 0 Å². The first-order valence-electron chi connectivity index (χ1n) is 22.2. The average Bonchev–Trinajstić information content (AvgIpc) is 3.98. The van der Waals surface area contributed by atoms with Gasteiger partial charge in [-0.15, -0.1) is 22.7 Å². The Morgan fingerprint density at radius 1 is 0.359 bits per heavy atom. The third-order valence-corrected chi connectivity index (χ3v) is 16.5. The summed E-state index contributed by atoms with van der Waals surface area (Å²) < 4.78 is 5.22. The normalized spacial score (nSPS) is 13.3. The van der Waals surface area contributed by atoms with Crippen LogP contribution in [0.2, 0.25) is 0 Å². The summed E-state index contributed by atoms with van der Waals surface area (Å²) in [6.45, 7) is 4.77. The van der Waals surface area contributed by atoms with E-state index < -0.39 is 0 Å². The number of anilines is 3. The average molecular weight is 850 g/mol. The summed E-state index contributed by atoms with van der Waals surface area (Å²) in [5.41, 5.74) is 11.1. The fourth-order valence-electron chi connectivity index (χ4n) is 11.3. The second kappa shape index (κ2) is 13.4. The number of benzene rings is 11. The summed E-state index contributed by atoms with van der Waals surface area (Å²) in [7, 11) is 0. The van der Waals surface area contributed by atoms with Crippen LogP contribution < -0.4 is 4.90 Å². The zero-order valence-electron chi connectivity index (χ0n) is 35.3. The van der Waals surface area contributed by atoms with Crippen molar-refractivity contribution in [3.63, 3.8) is 0 Å². The molecule has 13 aromatic rings. The van der Waals surface area contributed by atoms with Gasteiger partial charge in [-0.05, 0) is 120 Å². The fourth-order valence-corrected chi connectivity index (χ4v) is 13.5. The van der Waals surface area contributed by atoms with E-state index in [4.69, 9.17) is 0 Å². The zero-order chi connectivity index (χ0) is 42.3. The molecular weight excluding hydrogens is 811 g/mol. The van der Waals surface area contributed by atoms with Crippen LogP contribution in [0.4, 0.5) is 17.1 Å². The van der Waals surface area contributed by atoms with Crippen LogP contribution in [0.15, 0.2) is 200 Å². The number of rotatable bonds is 4. The van der Waals surface area contributed by atoms with Crippen LogP contribution in [-0.4, -0.2) is 0 Å². The summed E-state index contributed by atoms with van der Waals surface area (Å²) in [6.07, 6.45) is 0.